The van der Waals surface area contributed by atoms with Gasteiger partial charge in [-0.3, -0.25) is 9.79 Å². The Morgan fingerprint density at radius 3 is 2.68 bits per heavy atom. The fraction of sp³-hybridized carbons (Fsp3) is 0.619. The lowest BCUT2D eigenvalue weighted by atomic mass is 9.88. The van der Waals surface area contributed by atoms with E-state index < -0.39 is 12.4 Å². The first-order valence-corrected chi connectivity index (χ1v) is 10.5. The molecule has 0 bridgehead atoms. The van der Waals surface area contributed by atoms with Gasteiger partial charge in [-0.2, -0.15) is 8.78 Å². The van der Waals surface area contributed by atoms with E-state index in [0.717, 1.165) is 32.1 Å². The van der Waals surface area contributed by atoms with Gasteiger partial charge in [0.1, 0.15) is 11.6 Å². The number of ether oxygens (including phenoxy) is 1. The topological polar surface area (TPSA) is 66.0 Å². The molecule has 0 spiro atoms. The number of hydrogen-bond donors (Lipinski definition) is 2. The average Bonchev–Trinajstić information content (AvgIpc) is 3.20. The van der Waals surface area contributed by atoms with Crippen molar-refractivity contribution in [3.05, 3.63) is 29.6 Å². The third-order valence-corrected chi connectivity index (χ3v) is 5.74. The second-order valence-electron chi connectivity index (χ2n) is 7.77. The van der Waals surface area contributed by atoms with Gasteiger partial charge in [-0.05, 0) is 31.4 Å². The third kappa shape index (κ3) is 7.15. The highest BCUT2D eigenvalue weighted by molar-refractivity contribution is 14.0. The Balaban J connectivity index is 0.00000341. The number of carbonyl (C=O) groups is 1. The van der Waals surface area contributed by atoms with E-state index in [2.05, 4.69) is 20.4 Å². The van der Waals surface area contributed by atoms with Crippen molar-refractivity contribution in [1.29, 1.82) is 0 Å². The minimum absolute atomic E-state index is 0. The summed E-state index contributed by atoms with van der Waals surface area (Å²) in [6, 6.07) is 3.84. The first-order chi connectivity index (χ1) is 14.5. The summed E-state index contributed by atoms with van der Waals surface area (Å²) in [5.74, 6) is -0.0520. The molecule has 10 heteroatoms. The minimum atomic E-state index is -3.03. The predicted molar refractivity (Wildman–Crippen MR) is 123 cm³/mol. The molecule has 2 fully saturated rings. The molecule has 6 nitrogen and oxygen atoms in total. The molecule has 2 aliphatic rings. The van der Waals surface area contributed by atoms with Gasteiger partial charge in [0.05, 0.1) is 0 Å². The average molecular weight is 554 g/mol. The maximum atomic E-state index is 14.1. The van der Waals surface area contributed by atoms with E-state index in [4.69, 9.17) is 0 Å². The number of nitrogens with one attached hydrogen (secondary N) is 2. The first kappa shape index (κ1) is 25.5. The maximum Gasteiger partial charge on any atom is 0.387 e. The van der Waals surface area contributed by atoms with E-state index >= 15 is 0 Å². The number of nitrogens with zero attached hydrogens (tertiary/aromatic N) is 2. The molecule has 0 aromatic heterocycles. The molecular weight excluding hydrogens is 524 g/mol. The molecule has 31 heavy (non-hydrogen) atoms. The second kappa shape index (κ2) is 12.4. The van der Waals surface area contributed by atoms with Crippen molar-refractivity contribution in [2.45, 2.75) is 57.7 Å². The lowest BCUT2D eigenvalue weighted by Gasteiger charge is -2.26. The zero-order valence-electron chi connectivity index (χ0n) is 17.6. The van der Waals surface area contributed by atoms with Crippen molar-refractivity contribution in [3.8, 4) is 5.75 Å². The number of aliphatic imine (C=N–C) groups is 1. The van der Waals surface area contributed by atoms with Crippen LogP contribution in [0.1, 0.15) is 44.1 Å². The van der Waals surface area contributed by atoms with Crippen LogP contribution >= 0.6 is 24.0 Å². The van der Waals surface area contributed by atoms with Crippen LogP contribution in [-0.2, 0) is 11.3 Å². The molecule has 1 unspecified atom stereocenters. The van der Waals surface area contributed by atoms with Crippen molar-refractivity contribution < 1.29 is 22.7 Å². The van der Waals surface area contributed by atoms with E-state index in [1.807, 2.05) is 4.90 Å². The number of rotatable bonds is 6. The van der Waals surface area contributed by atoms with Crippen LogP contribution in [0.15, 0.2) is 23.2 Å². The van der Waals surface area contributed by atoms with E-state index in [0.29, 0.717) is 19.0 Å². The van der Waals surface area contributed by atoms with Gasteiger partial charge < -0.3 is 20.3 Å². The second-order valence-corrected chi connectivity index (χ2v) is 7.77. The van der Waals surface area contributed by atoms with Gasteiger partial charge in [0, 0.05) is 44.2 Å². The standard InChI is InChI=1S/C21H29F3N4O2.HI/c1-25-21(26-12-16-17(22)8-5-9-18(16)30-20(23)24)27-15-10-11-28(13-15)19(29)14-6-3-2-4-7-14;/h5,8-9,14-15,20H,2-4,6-7,10-13H2,1H3,(H2,25,26,27);1H. The van der Waals surface area contributed by atoms with Gasteiger partial charge in [0.2, 0.25) is 5.91 Å². The quantitative estimate of drug-likeness (QED) is 0.318. The van der Waals surface area contributed by atoms with E-state index in [1.165, 1.54) is 24.6 Å². The van der Waals surface area contributed by atoms with Gasteiger partial charge in [-0.25, -0.2) is 4.39 Å². The van der Waals surface area contributed by atoms with Crippen LogP contribution in [0.3, 0.4) is 0 Å². The number of carbonyl (C=O) groups excluding carboxylic acids is 1. The van der Waals surface area contributed by atoms with Gasteiger partial charge in [0.15, 0.2) is 5.96 Å². The van der Waals surface area contributed by atoms with Crippen molar-refractivity contribution in [2.24, 2.45) is 10.9 Å². The van der Waals surface area contributed by atoms with Crippen LogP contribution in [0.2, 0.25) is 0 Å². The normalized spacial score (nSPS) is 19.8. The summed E-state index contributed by atoms with van der Waals surface area (Å²) < 4.78 is 43.7. The van der Waals surface area contributed by atoms with Gasteiger partial charge in [-0.1, -0.05) is 25.3 Å². The lowest BCUT2D eigenvalue weighted by molar-refractivity contribution is -0.135. The van der Waals surface area contributed by atoms with Crippen LogP contribution in [0.4, 0.5) is 13.2 Å². The third-order valence-electron chi connectivity index (χ3n) is 5.74. The molecular formula is C21H30F3IN4O2. The Morgan fingerprint density at radius 1 is 1.26 bits per heavy atom. The van der Waals surface area contributed by atoms with Crippen molar-refractivity contribution in [2.75, 3.05) is 20.1 Å². The largest absolute Gasteiger partial charge is 0.434 e. The molecule has 1 atom stereocenters. The fourth-order valence-electron chi connectivity index (χ4n) is 4.16. The summed E-state index contributed by atoms with van der Waals surface area (Å²) in [5.41, 5.74) is 0.00118. The Bertz CT molecular complexity index is 760. The molecule has 174 valence electrons. The Hall–Kier alpha value is -1.72. The number of halogens is 4. The molecule has 3 rings (SSSR count). The molecule has 1 aromatic carbocycles. The summed E-state index contributed by atoms with van der Waals surface area (Å²) in [4.78, 5) is 18.7. The van der Waals surface area contributed by atoms with Crippen LogP contribution in [0.5, 0.6) is 5.75 Å². The van der Waals surface area contributed by atoms with Gasteiger partial charge >= 0.3 is 6.61 Å². The number of alkyl halides is 2. The number of hydrogen-bond acceptors (Lipinski definition) is 3. The lowest BCUT2D eigenvalue weighted by Crippen LogP contribution is -2.45. The molecule has 2 N–H and O–H groups in total. The number of guanidine groups is 1. The number of likely N-dealkylation sites (tertiary alicyclic amines) is 1. The van der Waals surface area contributed by atoms with Crippen LogP contribution in [-0.4, -0.2) is 49.6 Å². The molecule has 1 amide bonds. The summed E-state index contributed by atoms with van der Waals surface area (Å²) >= 11 is 0. The van der Waals surface area contributed by atoms with E-state index in [-0.39, 0.29) is 59.7 Å². The first-order valence-electron chi connectivity index (χ1n) is 10.5. The number of benzene rings is 1. The zero-order valence-corrected chi connectivity index (χ0v) is 19.9. The van der Waals surface area contributed by atoms with E-state index in [9.17, 15) is 18.0 Å². The molecule has 1 aromatic rings. The van der Waals surface area contributed by atoms with Crippen molar-refractivity contribution >= 4 is 35.8 Å². The SMILES string of the molecule is CN=C(NCc1c(F)cccc1OC(F)F)NC1CCN(C(=O)C2CCCCC2)C1.I. The fourth-order valence-corrected chi connectivity index (χ4v) is 4.16. The number of amides is 1. The predicted octanol–water partition coefficient (Wildman–Crippen LogP) is 3.89. The van der Waals surface area contributed by atoms with Crippen molar-refractivity contribution in [1.82, 2.24) is 15.5 Å². The van der Waals surface area contributed by atoms with Crippen LogP contribution in [0, 0.1) is 11.7 Å². The molecule has 1 aliphatic carbocycles. The highest BCUT2D eigenvalue weighted by Crippen LogP contribution is 2.27. The highest BCUT2D eigenvalue weighted by Gasteiger charge is 2.31. The molecule has 0 radical (unpaired) electrons. The Kier molecular flexibility index (Phi) is 10.2. The smallest absolute Gasteiger partial charge is 0.387 e. The molecule has 1 aliphatic heterocycles. The summed E-state index contributed by atoms with van der Waals surface area (Å²) in [6.07, 6.45) is 6.19. The van der Waals surface area contributed by atoms with Crippen molar-refractivity contribution in [3.63, 3.8) is 0 Å². The molecule has 1 saturated carbocycles. The monoisotopic (exact) mass is 554 g/mol. The van der Waals surface area contributed by atoms with Crippen LogP contribution in [0.25, 0.3) is 0 Å². The zero-order chi connectivity index (χ0) is 21.5. The van der Waals surface area contributed by atoms with E-state index in [1.54, 1.807) is 7.05 Å². The van der Waals surface area contributed by atoms with Crippen LogP contribution < -0.4 is 15.4 Å². The summed E-state index contributed by atoms with van der Waals surface area (Å²) in [5, 5.41) is 6.18. The summed E-state index contributed by atoms with van der Waals surface area (Å²) in [7, 11) is 1.58. The minimum Gasteiger partial charge on any atom is -0.434 e. The van der Waals surface area contributed by atoms with Gasteiger partial charge in [-0.15, -0.1) is 24.0 Å². The van der Waals surface area contributed by atoms with Gasteiger partial charge in [0.25, 0.3) is 0 Å². The molecule has 1 saturated heterocycles. The Morgan fingerprint density at radius 2 is 2.00 bits per heavy atom. The maximum absolute atomic E-state index is 14.1. The highest BCUT2D eigenvalue weighted by atomic mass is 127. The Labute approximate surface area is 198 Å². The summed E-state index contributed by atoms with van der Waals surface area (Å²) in [6.45, 7) is -1.81. The molecule has 1 heterocycles.